The predicted octanol–water partition coefficient (Wildman–Crippen LogP) is 4.54. The zero-order valence-corrected chi connectivity index (χ0v) is 13.4. The van der Waals surface area contributed by atoms with Gasteiger partial charge in [-0.25, -0.2) is 0 Å². The van der Waals surface area contributed by atoms with Crippen LogP contribution in [0.25, 0.3) is 5.70 Å². The molecule has 0 unspecified atom stereocenters. The number of para-hydroxylation sites is 1. The van der Waals surface area contributed by atoms with Gasteiger partial charge in [0.1, 0.15) is 0 Å². The third-order valence-electron chi connectivity index (χ3n) is 4.33. The van der Waals surface area contributed by atoms with Crippen molar-refractivity contribution in [1.82, 2.24) is 0 Å². The lowest BCUT2D eigenvalue weighted by atomic mass is 9.52. The molecule has 0 aromatic heterocycles. The molecule has 0 spiro atoms. The molecule has 0 radical (unpaired) electrons. The third kappa shape index (κ3) is 2.79. The van der Waals surface area contributed by atoms with Crippen LogP contribution in [0.1, 0.15) is 5.56 Å². The molecule has 2 heteroatoms. The van der Waals surface area contributed by atoms with Gasteiger partial charge in [0, 0.05) is 11.4 Å². The summed E-state index contributed by atoms with van der Waals surface area (Å²) in [5.41, 5.74) is 4.94. The Bertz CT molecular complexity index is 854. The van der Waals surface area contributed by atoms with E-state index in [0.29, 0.717) is 0 Å². The molecule has 0 saturated heterocycles. The van der Waals surface area contributed by atoms with Crippen LogP contribution in [0.2, 0.25) is 0 Å². The van der Waals surface area contributed by atoms with Crippen molar-refractivity contribution < 1.29 is 0 Å². The first-order chi connectivity index (χ1) is 11.9. The molecule has 0 atom stereocenters. The van der Waals surface area contributed by atoms with Gasteiger partial charge < -0.3 is 4.81 Å². The molecule has 1 aliphatic heterocycles. The molecule has 114 valence electrons. The second-order valence-electron chi connectivity index (χ2n) is 5.86. The highest BCUT2D eigenvalue weighted by Crippen LogP contribution is 2.30. The Hall–Kier alpha value is -3.00. The number of benzene rings is 3. The van der Waals surface area contributed by atoms with Crippen molar-refractivity contribution in [3.05, 3.63) is 115 Å². The van der Waals surface area contributed by atoms with Crippen molar-refractivity contribution in [2.45, 2.75) is 0 Å². The summed E-state index contributed by atoms with van der Waals surface area (Å²) in [6, 6.07) is 31.8. The van der Waals surface area contributed by atoms with Crippen LogP contribution in [0, 0.1) is 0 Å². The summed E-state index contributed by atoms with van der Waals surface area (Å²) >= 11 is 0. The first-order valence-corrected chi connectivity index (χ1v) is 8.26. The van der Waals surface area contributed by atoms with Gasteiger partial charge in [-0.2, -0.15) is 0 Å². The Morgan fingerprint density at radius 3 is 1.88 bits per heavy atom. The molecule has 1 nitrogen and oxygen atoms in total. The van der Waals surface area contributed by atoms with Gasteiger partial charge in [0.15, 0.2) is 0 Å². The second kappa shape index (κ2) is 6.63. The minimum atomic E-state index is 0.189. The quantitative estimate of drug-likeness (QED) is 0.642. The molecule has 0 fully saturated rings. The van der Waals surface area contributed by atoms with E-state index < -0.39 is 0 Å². The Morgan fingerprint density at radius 2 is 1.21 bits per heavy atom. The highest BCUT2D eigenvalue weighted by atomic mass is 15.1. The summed E-state index contributed by atoms with van der Waals surface area (Å²) in [5, 5.41) is 0. The molecule has 24 heavy (non-hydrogen) atoms. The van der Waals surface area contributed by atoms with Gasteiger partial charge in [-0.1, -0.05) is 96.4 Å². The number of hydrogen-bond donors (Lipinski definition) is 0. The lowest BCUT2D eigenvalue weighted by molar-refractivity contribution is 1.37. The van der Waals surface area contributed by atoms with Crippen LogP contribution >= 0.6 is 0 Å². The van der Waals surface area contributed by atoms with Gasteiger partial charge in [-0.15, -0.1) is 0 Å². The molecule has 0 bridgehead atoms. The Labute approximate surface area is 143 Å². The lowest BCUT2D eigenvalue weighted by Gasteiger charge is -2.34. The molecule has 0 saturated carbocycles. The van der Waals surface area contributed by atoms with Crippen LogP contribution in [0.5, 0.6) is 0 Å². The summed E-state index contributed by atoms with van der Waals surface area (Å²) in [6.07, 6.45) is 4.36. The zero-order valence-electron chi connectivity index (χ0n) is 13.4. The molecule has 1 heterocycles. The van der Waals surface area contributed by atoms with E-state index in [0.717, 1.165) is 0 Å². The molecule has 3 aromatic rings. The molecular weight excluding hydrogens is 289 g/mol. The molecule has 0 aliphatic carbocycles. The van der Waals surface area contributed by atoms with Crippen molar-refractivity contribution in [3.63, 3.8) is 0 Å². The van der Waals surface area contributed by atoms with Crippen LogP contribution in [-0.4, -0.2) is 6.85 Å². The first-order valence-electron chi connectivity index (χ1n) is 8.26. The molecule has 0 amide bonds. The second-order valence-corrected chi connectivity index (χ2v) is 5.86. The number of nitrogens with zero attached hydrogens (tertiary/aromatic N) is 1. The Kier molecular flexibility index (Phi) is 4.03. The first kappa shape index (κ1) is 14.6. The van der Waals surface area contributed by atoms with Crippen LogP contribution in [0.4, 0.5) is 5.69 Å². The summed E-state index contributed by atoms with van der Waals surface area (Å²) in [5.74, 6) is 2.26. The fraction of sp³-hybridized carbons (Fsp3) is 0. The average Bonchev–Trinajstić information content (AvgIpc) is 2.69. The number of anilines is 1. The van der Waals surface area contributed by atoms with Gasteiger partial charge in [0.2, 0.25) is 0 Å². The maximum absolute atomic E-state index is 2.41. The highest BCUT2D eigenvalue weighted by Gasteiger charge is 2.28. The summed E-state index contributed by atoms with van der Waals surface area (Å²) < 4.78 is 0. The number of allylic oxidation sites excluding steroid dienone is 2. The van der Waals surface area contributed by atoms with Crippen LogP contribution in [0.15, 0.2) is 109 Å². The fourth-order valence-corrected chi connectivity index (χ4v) is 3.21. The van der Waals surface area contributed by atoms with E-state index in [1.165, 1.54) is 22.4 Å². The maximum atomic E-state index is 2.41. The van der Waals surface area contributed by atoms with E-state index in [9.17, 15) is 0 Å². The van der Waals surface area contributed by atoms with Gasteiger partial charge in [0.05, 0.1) is 0 Å². The van der Waals surface area contributed by atoms with Crippen LogP contribution in [-0.2, 0) is 0 Å². The molecule has 0 N–H and O–H groups in total. The third-order valence-corrected chi connectivity index (χ3v) is 4.33. The summed E-state index contributed by atoms with van der Waals surface area (Å²) in [4.78, 5) is 2.41. The smallest absolute Gasteiger partial charge is 0.320 e. The van der Waals surface area contributed by atoms with Crippen molar-refractivity contribution in [2.75, 3.05) is 4.81 Å². The largest absolute Gasteiger partial charge is 0.377 e. The van der Waals surface area contributed by atoms with E-state index in [1.54, 1.807) is 0 Å². The maximum Gasteiger partial charge on any atom is 0.320 e. The predicted molar refractivity (Wildman–Crippen MR) is 104 cm³/mol. The highest BCUT2D eigenvalue weighted by molar-refractivity contribution is 6.83. The van der Waals surface area contributed by atoms with Crippen LogP contribution < -0.4 is 10.3 Å². The minimum Gasteiger partial charge on any atom is -0.377 e. The molecular formula is C22H18BN. The van der Waals surface area contributed by atoms with E-state index in [2.05, 4.69) is 114 Å². The molecule has 4 rings (SSSR count). The SMILES string of the molecule is C1=CB(c2ccccc2)N(c2ccccc2)C(c2ccccc2)=C1. The summed E-state index contributed by atoms with van der Waals surface area (Å²) in [7, 11) is 0. The van der Waals surface area contributed by atoms with Gasteiger partial charge >= 0.3 is 6.85 Å². The van der Waals surface area contributed by atoms with Crippen molar-refractivity contribution in [2.24, 2.45) is 0 Å². The monoisotopic (exact) mass is 307 g/mol. The summed E-state index contributed by atoms with van der Waals surface area (Å²) in [6.45, 7) is 0.189. The normalized spacial score (nSPS) is 13.8. The standard InChI is InChI=1S/C22H18BN/c1-4-11-19(12-5-1)22-17-10-18-23(20-13-6-2-7-14-20)24(22)21-15-8-3-9-16-21/h1-18H. The van der Waals surface area contributed by atoms with E-state index >= 15 is 0 Å². The van der Waals surface area contributed by atoms with Crippen molar-refractivity contribution >= 4 is 23.7 Å². The van der Waals surface area contributed by atoms with Gasteiger partial charge in [0.25, 0.3) is 0 Å². The van der Waals surface area contributed by atoms with Gasteiger partial charge in [-0.05, 0) is 23.8 Å². The minimum absolute atomic E-state index is 0.189. The molecule has 1 aliphatic rings. The zero-order chi connectivity index (χ0) is 16.2. The average molecular weight is 307 g/mol. The number of rotatable bonds is 3. The Balaban J connectivity index is 1.84. The number of hydrogen-bond acceptors (Lipinski definition) is 1. The van der Waals surface area contributed by atoms with Crippen molar-refractivity contribution in [3.8, 4) is 0 Å². The lowest BCUT2D eigenvalue weighted by Crippen LogP contribution is -2.47. The Morgan fingerprint density at radius 1 is 0.625 bits per heavy atom. The molecule has 3 aromatic carbocycles. The van der Waals surface area contributed by atoms with E-state index in [1.807, 2.05) is 0 Å². The van der Waals surface area contributed by atoms with Crippen molar-refractivity contribution in [1.29, 1.82) is 0 Å². The van der Waals surface area contributed by atoms with Crippen LogP contribution in [0.3, 0.4) is 0 Å². The van der Waals surface area contributed by atoms with E-state index in [4.69, 9.17) is 0 Å². The van der Waals surface area contributed by atoms with Gasteiger partial charge in [-0.3, -0.25) is 0 Å². The topological polar surface area (TPSA) is 3.24 Å². The van der Waals surface area contributed by atoms with E-state index in [-0.39, 0.29) is 6.85 Å². The fourth-order valence-electron chi connectivity index (χ4n) is 3.21.